The lowest BCUT2D eigenvalue weighted by molar-refractivity contribution is 0.0999. The third-order valence-corrected chi connectivity index (χ3v) is 4.72. The van der Waals surface area contributed by atoms with Crippen molar-refractivity contribution in [1.29, 1.82) is 0 Å². The van der Waals surface area contributed by atoms with E-state index < -0.39 is 0 Å². The lowest BCUT2D eigenvalue weighted by Crippen LogP contribution is -2.57. The maximum atomic E-state index is 6.52. The van der Waals surface area contributed by atoms with Gasteiger partial charge >= 0.3 is 0 Å². The molecular weight excluding hydrogens is 236 g/mol. The molecule has 0 spiro atoms. The Hall–Kier alpha value is -1.13. The van der Waals surface area contributed by atoms with Crippen LogP contribution in [0.1, 0.15) is 38.7 Å². The van der Waals surface area contributed by atoms with E-state index in [0.29, 0.717) is 0 Å². The predicted molar refractivity (Wildman–Crippen MR) is 79.8 cm³/mol. The van der Waals surface area contributed by atoms with E-state index in [1.807, 2.05) is 12.3 Å². The molecule has 4 heteroatoms. The monoisotopic (exact) mass is 262 g/mol. The molecule has 0 radical (unpaired) electrons. The molecule has 0 aliphatic carbocycles. The molecule has 1 aromatic heterocycles. The van der Waals surface area contributed by atoms with E-state index in [4.69, 9.17) is 11.5 Å². The number of likely N-dealkylation sites (tertiary alicyclic amines) is 1. The molecule has 4 nitrogen and oxygen atoms in total. The minimum atomic E-state index is 0.0543. The van der Waals surface area contributed by atoms with Gasteiger partial charge in [0.2, 0.25) is 0 Å². The molecule has 0 aromatic carbocycles. The summed E-state index contributed by atoms with van der Waals surface area (Å²) >= 11 is 0. The van der Waals surface area contributed by atoms with Crippen molar-refractivity contribution >= 4 is 5.69 Å². The molecule has 1 saturated heterocycles. The number of aromatic nitrogens is 1. The van der Waals surface area contributed by atoms with Crippen molar-refractivity contribution in [2.24, 2.45) is 5.73 Å². The second-order valence-electron chi connectivity index (χ2n) is 5.79. The Morgan fingerprint density at radius 2 is 2.11 bits per heavy atom. The molecule has 2 rings (SSSR count). The Bertz CT molecular complexity index is 414. The van der Waals surface area contributed by atoms with Crippen molar-refractivity contribution in [2.45, 2.75) is 51.1 Å². The van der Waals surface area contributed by atoms with Crippen molar-refractivity contribution in [3.8, 4) is 0 Å². The molecule has 19 heavy (non-hydrogen) atoms. The summed E-state index contributed by atoms with van der Waals surface area (Å²) in [5.41, 5.74) is 14.4. The van der Waals surface area contributed by atoms with Crippen LogP contribution in [0.3, 0.4) is 0 Å². The Balaban J connectivity index is 2.12. The van der Waals surface area contributed by atoms with Gasteiger partial charge in [0.05, 0.1) is 0 Å². The molecule has 1 aliphatic rings. The van der Waals surface area contributed by atoms with E-state index >= 15 is 0 Å². The van der Waals surface area contributed by atoms with Gasteiger partial charge in [0, 0.05) is 29.7 Å². The molecule has 2 atom stereocenters. The average Bonchev–Trinajstić information content (AvgIpc) is 2.95. The van der Waals surface area contributed by atoms with Crippen LogP contribution in [-0.4, -0.2) is 34.6 Å². The molecule has 106 valence electrons. The molecule has 1 aromatic rings. The number of anilines is 1. The SMILES string of the molecule is CCC(C)(C(N)Cc1cnccc1N)N1CCCC1. The van der Waals surface area contributed by atoms with E-state index in [0.717, 1.165) is 24.1 Å². The Morgan fingerprint density at radius 1 is 1.42 bits per heavy atom. The summed E-state index contributed by atoms with van der Waals surface area (Å²) in [5, 5.41) is 0. The van der Waals surface area contributed by atoms with E-state index in [1.165, 1.54) is 25.9 Å². The third kappa shape index (κ3) is 2.90. The summed E-state index contributed by atoms with van der Waals surface area (Å²) in [5.74, 6) is 0. The van der Waals surface area contributed by atoms with E-state index in [2.05, 4.69) is 23.7 Å². The van der Waals surface area contributed by atoms with Gasteiger partial charge in [-0.05, 0) is 57.3 Å². The highest BCUT2D eigenvalue weighted by Crippen LogP contribution is 2.29. The molecule has 0 bridgehead atoms. The Morgan fingerprint density at radius 3 is 2.68 bits per heavy atom. The minimum Gasteiger partial charge on any atom is -0.398 e. The zero-order chi connectivity index (χ0) is 13.9. The Labute approximate surface area is 116 Å². The van der Waals surface area contributed by atoms with Gasteiger partial charge in [0.15, 0.2) is 0 Å². The summed E-state index contributed by atoms with van der Waals surface area (Å²) in [6.45, 7) is 6.85. The number of hydrogen-bond acceptors (Lipinski definition) is 4. The normalized spacial score (nSPS) is 21.2. The molecular formula is C15H26N4. The van der Waals surface area contributed by atoms with Crippen LogP contribution in [0.5, 0.6) is 0 Å². The highest BCUT2D eigenvalue weighted by Gasteiger charge is 2.37. The van der Waals surface area contributed by atoms with Crippen molar-refractivity contribution < 1.29 is 0 Å². The van der Waals surface area contributed by atoms with E-state index in [9.17, 15) is 0 Å². The first-order valence-electron chi connectivity index (χ1n) is 7.27. The lowest BCUT2D eigenvalue weighted by atomic mass is 9.84. The summed E-state index contributed by atoms with van der Waals surface area (Å²) in [6, 6.07) is 1.93. The Kier molecular flexibility index (Phi) is 4.42. The van der Waals surface area contributed by atoms with E-state index in [1.54, 1.807) is 6.20 Å². The van der Waals surface area contributed by atoms with Gasteiger partial charge in [-0.1, -0.05) is 6.92 Å². The first-order chi connectivity index (χ1) is 9.08. The van der Waals surface area contributed by atoms with Crippen molar-refractivity contribution in [2.75, 3.05) is 18.8 Å². The van der Waals surface area contributed by atoms with Crippen LogP contribution in [0.4, 0.5) is 5.69 Å². The summed E-state index contributed by atoms with van der Waals surface area (Å²) in [6.07, 6.45) is 8.00. The zero-order valence-corrected chi connectivity index (χ0v) is 12.1. The van der Waals surface area contributed by atoms with Gasteiger partial charge in [-0.25, -0.2) is 0 Å². The number of nitrogen functional groups attached to an aromatic ring is 1. The van der Waals surface area contributed by atoms with Crippen LogP contribution in [-0.2, 0) is 6.42 Å². The van der Waals surface area contributed by atoms with Gasteiger partial charge in [-0.15, -0.1) is 0 Å². The number of nitrogens with two attached hydrogens (primary N) is 2. The third-order valence-electron chi connectivity index (χ3n) is 4.72. The molecule has 1 fully saturated rings. The number of pyridine rings is 1. The van der Waals surface area contributed by atoms with Gasteiger partial charge in [-0.3, -0.25) is 9.88 Å². The lowest BCUT2D eigenvalue weighted by Gasteiger charge is -2.43. The van der Waals surface area contributed by atoms with E-state index in [-0.39, 0.29) is 11.6 Å². The first-order valence-corrected chi connectivity index (χ1v) is 7.27. The van der Waals surface area contributed by atoms with Gasteiger partial charge in [-0.2, -0.15) is 0 Å². The number of hydrogen-bond donors (Lipinski definition) is 2. The smallest absolute Gasteiger partial charge is 0.0378 e. The maximum Gasteiger partial charge on any atom is 0.0378 e. The van der Waals surface area contributed by atoms with Crippen molar-refractivity contribution in [3.05, 3.63) is 24.0 Å². The summed E-state index contributed by atoms with van der Waals surface area (Å²) < 4.78 is 0. The van der Waals surface area contributed by atoms with Crippen LogP contribution in [0, 0.1) is 0 Å². The summed E-state index contributed by atoms with van der Waals surface area (Å²) in [7, 11) is 0. The van der Waals surface area contributed by atoms with Gasteiger partial charge in [0.1, 0.15) is 0 Å². The fourth-order valence-electron chi connectivity index (χ4n) is 3.01. The maximum absolute atomic E-state index is 6.52. The average molecular weight is 262 g/mol. The van der Waals surface area contributed by atoms with Crippen LogP contribution in [0.2, 0.25) is 0 Å². The fourth-order valence-corrected chi connectivity index (χ4v) is 3.01. The van der Waals surface area contributed by atoms with Crippen molar-refractivity contribution in [1.82, 2.24) is 9.88 Å². The quantitative estimate of drug-likeness (QED) is 0.849. The van der Waals surface area contributed by atoms with Crippen LogP contribution in [0.15, 0.2) is 18.5 Å². The largest absolute Gasteiger partial charge is 0.398 e. The number of rotatable bonds is 5. The van der Waals surface area contributed by atoms with Crippen LogP contribution in [0.25, 0.3) is 0 Å². The minimum absolute atomic E-state index is 0.0543. The van der Waals surface area contributed by atoms with Gasteiger partial charge < -0.3 is 11.5 Å². The standard InChI is InChI=1S/C15H26N4/c1-3-15(2,19-8-4-5-9-19)14(17)10-12-11-18-7-6-13(12)16/h6-7,11,14H,3-5,8-10,17H2,1-2H3,(H2,16,18). The van der Waals surface area contributed by atoms with Crippen molar-refractivity contribution in [3.63, 3.8) is 0 Å². The molecule has 4 N–H and O–H groups in total. The molecule has 1 aliphatic heterocycles. The number of nitrogens with zero attached hydrogens (tertiary/aromatic N) is 2. The highest BCUT2D eigenvalue weighted by molar-refractivity contribution is 5.44. The van der Waals surface area contributed by atoms with Gasteiger partial charge in [0.25, 0.3) is 0 Å². The fraction of sp³-hybridized carbons (Fsp3) is 0.667. The molecule has 0 saturated carbocycles. The molecule has 2 heterocycles. The first kappa shape index (κ1) is 14.3. The highest BCUT2D eigenvalue weighted by atomic mass is 15.2. The predicted octanol–water partition coefficient (Wildman–Crippen LogP) is 1.80. The second-order valence-corrected chi connectivity index (χ2v) is 5.79. The molecule has 0 amide bonds. The summed E-state index contributed by atoms with van der Waals surface area (Å²) in [4.78, 5) is 6.70. The van der Waals surface area contributed by atoms with Crippen LogP contribution < -0.4 is 11.5 Å². The topological polar surface area (TPSA) is 68.2 Å². The van der Waals surface area contributed by atoms with Crippen LogP contribution >= 0.6 is 0 Å². The second kappa shape index (κ2) is 5.88. The molecule has 2 unspecified atom stereocenters. The zero-order valence-electron chi connectivity index (χ0n) is 12.1.